The molecule has 1 aliphatic carbocycles. The van der Waals surface area contributed by atoms with Crippen LogP contribution in [0, 0.1) is 11.2 Å². The Balaban J connectivity index is 1.02. The molecule has 0 aromatic heterocycles. The van der Waals surface area contributed by atoms with Crippen molar-refractivity contribution >= 4 is 41.0 Å². The Kier molecular flexibility index (Phi) is 10.3. The number of para-hydroxylation sites is 2. The van der Waals surface area contributed by atoms with Crippen molar-refractivity contribution in [2.75, 3.05) is 62.6 Å². The largest absolute Gasteiger partial charge is 0.366 e. The highest BCUT2D eigenvalue weighted by Crippen LogP contribution is 2.48. The summed E-state index contributed by atoms with van der Waals surface area (Å²) < 4.78 is 15.8. The number of amides is 4. The predicted molar refractivity (Wildman–Crippen MR) is 198 cm³/mol. The molecule has 7 rings (SSSR count). The van der Waals surface area contributed by atoms with E-state index >= 15 is 4.39 Å². The van der Waals surface area contributed by atoms with Gasteiger partial charge in [-0.1, -0.05) is 57.5 Å². The molecule has 0 radical (unpaired) electrons. The second-order valence-corrected chi connectivity index (χ2v) is 17.2. The van der Waals surface area contributed by atoms with E-state index in [4.69, 9.17) is 0 Å². The van der Waals surface area contributed by atoms with Crippen molar-refractivity contribution in [3.8, 4) is 0 Å². The summed E-state index contributed by atoms with van der Waals surface area (Å²) >= 11 is 1.51. The Morgan fingerprint density at radius 3 is 2.34 bits per heavy atom. The van der Waals surface area contributed by atoms with Crippen LogP contribution >= 0.6 is 11.8 Å². The minimum absolute atomic E-state index is 0.0173. The average Bonchev–Trinajstić information content (AvgIpc) is 3.26. The zero-order chi connectivity index (χ0) is 35.0. The van der Waals surface area contributed by atoms with Crippen LogP contribution < -0.4 is 10.2 Å². The summed E-state index contributed by atoms with van der Waals surface area (Å²) in [6.45, 7) is 12.2. The summed E-state index contributed by atoms with van der Waals surface area (Å²) in [6, 6.07) is 13.9. The first kappa shape index (κ1) is 35.1. The number of thioether (sulfide) groups is 1. The van der Waals surface area contributed by atoms with Gasteiger partial charge in [-0.3, -0.25) is 14.5 Å². The third-order valence-electron chi connectivity index (χ3n) is 11.5. The molecule has 2 aromatic rings. The molecule has 2 aromatic carbocycles. The van der Waals surface area contributed by atoms with E-state index in [0.717, 1.165) is 55.8 Å². The topological polar surface area (TPSA) is 79.4 Å². The summed E-state index contributed by atoms with van der Waals surface area (Å²) in [5.74, 6) is -0.295. The number of likely N-dealkylation sites (tertiary alicyclic amines) is 1. The Labute approximate surface area is 300 Å². The maximum atomic E-state index is 15.8. The van der Waals surface area contributed by atoms with E-state index < -0.39 is 5.25 Å². The van der Waals surface area contributed by atoms with Crippen LogP contribution in [0.15, 0.2) is 42.5 Å². The van der Waals surface area contributed by atoms with Crippen molar-refractivity contribution in [3.05, 3.63) is 59.4 Å². The lowest BCUT2D eigenvalue weighted by molar-refractivity contribution is -0.137. The third kappa shape index (κ3) is 7.49. The number of fused-ring (bicyclic) bond motifs is 1. The molecule has 1 N–H and O–H groups in total. The van der Waals surface area contributed by atoms with Gasteiger partial charge >= 0.3 is 6.03 Å². The number of hydrogen-bond donors (Lipinski definition) is 1. The number of nitrogens with zero attached hydrogens (tertiary/aromatic N) is 5. The van der Waals surface area contributed by atoms with Crippen LogP contribution in [0.2, 0.25) is 0 Å². The lowest BCUT2D eigenvalue weighted by Gasteiger charge is -2.44. The van der Waals surface area contributed by atoms with Crippen LogP contribution in [-0.4, -0.2) is 107 Å². The van der Waals surface area contributed by atoms with Crippen molar-refractivity contribution in [1.29, 1.82) is 0 Å². The minimum Gasteiger partial charge on any atom is -0.366 e. The quantitative estimate of drug-likeness (QED) is 0.345. The maximum Gasteiger partial charge on any atom is 0.322 e. The van der Waals surface area contributed by atoms with Gasteiger partial charge in [-0.05, 0) is 61.6 Å². The van der Waals surface area contributed by atoms with Gasteiger partial charge in [-0.2, -0.15) is 0 Å². The molecule has 11 heteroatoms. The van der Waals surface area contributed by atoms with Crippen LogP contribution in [0.3, 0.4) is 0 Å². The highest BCUT2D eigenvalue weighted by molar-refractivity contribution is 8.01. The van der Waals surface area contributed by atoms with Crippen LogP contribution in [0.4, 0.5) is 20.6 Å². The first-order chi connectivity index (χ1) is 24.1. The number of nitrogens with one attached hydrogen (secondary N) is 1. The molecule has 1 unspecified atom stereocenters. The molecule has 3 saturated heterocycles. The number of benzene rings is 2. The molecule has 4 fully saturated rings. The average molecular weight is 705 g/mol. The van der Waals surface area contributed by atoms with Gasteiger partial charge in [0, 0.05) is 82.1 Å². The van der Waals surface area contributed by atoms with Crippen LogP contribution in [0.25, 0.3) is 0 Å². The molecule has 0 bridgehead atoms. The van der Waals surface area contributed by atoms with E-state index in [1.165, 1.54) is 37.1 Å². The molecule has 2 atom stereocenters. The number of halogens is 1. The molecular formula is C39H53FN6O3S. The summed E-state index contributed by atoms with van der Waals surface area (Å²) in [7, 11) is 0. The van der Waals surface area contributed by atoms with Crippen LogP contribution in [0.1, 0.15) is 82.2 Å². The highest BCUT2D eigenvalue weighted by Gasteiger charge is 2.45. The van der Waals surface area contributed by atoms with Crippen LogP contribution in [-0.2, 0) is 16.0 Å². The standard InChI is InChI=1S/C39H53FN6O3S/c1-39(2,3)17-21-46-36(48)33(50-37(46)30-11-7-12-31(40)35(30)44-24-22-42(23-25-44)28-9-6-10-28)26-34(47)43-18-15-29(16-19-43)45-20-14-27-8-4-5-13-32(27)41-38(45)49/h4-5,7-8,11-13,28-29,33,37H,6,9-10,14-26H2,1-3H3,(H,41,49)/t33-,37?/m1/s1. The fourth-order valence-corrected chi connectivity index (χ4v) is 9.72. The Morgan fingerprint density at radius 2 is 1.64 bits per heavy atom. The highest BCUT2D eigenvalue weighted by atomic mass is 32.2. The summed E-state index contributed by atoms with van der Waals surface area (Å²) in [5.41, 5.74) is 3.48. The molecule has 270 valence electrons. The maximum absolute atomic E-state index is 15.8. The van der Waals surface area contributed by atoms with Gasteiger partial charge in [0.1, 0.15) is 11.2 Å². The molecule has 4 heterocycles. The normalized spacial score (nSPS) is 24.2. The first-order valence-corrected chi connectivity index (χ1v) is 19.7. The summed E-state index contributed by atoms with van der Waals surface area (Å²) in [5, 5.41) is 2.20. The van der Waals surface area contributed by atoms with Gasteiger partial charge in [0.05, 0.1) is 10.9 Å². The number of anilines is 2. The smallest absolute Gasteiger partial charge is 0.322 e. The van der Waals surface area contributed by atoms with Crippen molar-refractivity contribution in [2.24, 2.45) is 5.41 Å². The Hall–Kier alpha value is -3.31. The number of piperazine rings is 1. The van der Waals surface area contributed by atoms with Gasteiger partial charge in [0.2, 0.25) is 11.8 Å². The van der Waals surface area contributed by atoms with Crippen molar-refractivity contribution in [1.82, 2.24) is 19.6 Å². The number of piperidine rings is 1. The number of urea groups is 1. The monoisotopic (exact) mass is 704 g/mol. The number of carbonyl (C=O) groups excluding carboxylic acids is 3. The molecular weight excluding hydrogens is 652 g/mol. The van der Waals surface area contributed by atoms with Gasteiger partial charge in [0.15, 0.2) is 0 Å². The fraction of sp³-hybridized carbons (Fsp3) is 0.615. The molecule has 4 amide bonds. The summed E-state index contributed by atoms with van der Waals surface area (Å²) in [4.78, 5) is 51.5. The van der Waals surface area contributed by atoms with Crippen molar-refractivity contribution in [3.63, 3.8) is 0 Å². The van der Waals surface area contributed by atoms with E-state index in [0.29, 0.717) is 50.7 Å². The first-order valence-electron chi connectivity index (χ1n) is 18.7. The zero-order valence-electron chi connectivity index (χ0n) is 29.9. The van der Waals surface area contributed by atoms with Gasteiger partial charge in [-0.25, -0.2) is 9.18 Å². The van der Waals surface area contributed by atoms with Gasteiger partial charge < -0.3 is 24.9 Å². The fourth-order valence-electron chi connectivity index (χ4n) is 8.23. The second kappa shape index (κ2) is 14.7. The van der Waals surface area contributed by atoms with Crippen molar-refractivity contribution < 1.29 is 18.8 Å². The SMILES string of the molecule is CC(C)(C)CCN1C(=O)[C@@H](CC(=O)N2CCC(N3CCc4ccccc4NC3=O)CC2)SC1c1cccc(F)c1N1CCN(C2CCC2)CC1. The third-order valence-corrected chi connectivity index (χ3v) is 13.0. The minimum atomic E-state index is -0.522. The molecule has 50 heavy (non-hydrogen) atoms. The summed E-state index contributed by atoms with van der Waals surface area (Å²) in [6.07, 6.45) is 6.98. The van der Waals surface area contributed by atoms with E-state index in [1.54, 1.807) is 6.07 Å². The second-order valence-electron chi connectivity index (χ2n) is 16.0. The number of hydrogen-bond acceptors (Lipinski definition) is 6. The lowest BCUT2D eigenvalue weighted by Crippen LogP contribution is -2.52. The molecule has 5 aliphatic rings. The van der Waals surface area contributed by atoms with Gasteiger partial charge in [0.25, 0.3) is 0 Å². The van der Waals surface area contributed by atoms with E-state index in [9.17, 15) is 14.4 Å². The molecule has 1 saturated carbocycles. The Bertz CT molecular complexity index is 1560. The van der Waals surface area contributed by atoms with Crippen molar-refractivity contribution in [2.45, 2.75) is 94.8 Å². The van der Waals surface area contributed by atoms with Gasteiger partial charge in [-0.15, -0.1) is 11.8 Å². The lowest BCUT2D eigenvalue weighted by atomic mass is 9.91. The van der Waals surface area contributed by atoms with E-state index in [-0.39, 0.29) is 46.9 Å². The number of carbonyl (C=O) groups is 3. The van der Waals surface area contributed by atoms with Crippen LogP contribution in [0.5, 0.6) is 0 Å². The molecule has 9 nitrogen and oxygen atoms in total. The zero-order valence-corrected chi connectivity index (χ0v) is 30.7. The molecule has 4 aliphatic heterocycles. The predicted octanol–water partition coefficient (Wildman–Crippen LogP) is 6.35. The Morgan fingerprint density at radius 1 is 0.900 bits per heavy atom. The number of rotatable bonds is 8. The molecule has 0 spiro atoms. The van der Waals surface area contributed by atoms with E-state index in [1.807, 2.05) is 39.0 Å². The van der Waals surface area contributed by atoms with E-state index in [2.05, 4.69) is 42.0 Å².